The maximum Gasteiger partial charge on any atom is 0.239 e. The van der Waals surface area contributed by atoms with E-state index in [1.165, 1.54) is 12.8 Å². The lowest BCUT2D eigenvalue weighted by Crippen LogP contribution is -2.52. The van der Waals surface area contributed by atoms with E-state index in [0.717, 1.165) is 90.5 Å². The lowest BCUT2D eigenvalue weighted by Gasteiger charge is -2.42. The molecule has 3 aromatic heterocycles. The Balaban J connectivity index is 1.12. The van der Waals surface area contributed by atoms with Crippen molar-refractivity contribution in [3.63, 3.8) is 0 Å². The molecule has 1 saturated carbocycles. The van der Waals surface area contributed by atoms with E-state index in [1.807, 2.05) is 30.0 Å². The minimum absolute atomic E-state index is 0.526. The first kappa shape index (κ1) is 33.8. The quantitative estimate of drug-likeness (QED) is 0.102. The second-order valence-electron chi connectivity index (χ2n) is 12.6. The molecule has 2 saturated heterocycles. The summed E-state index contributed by atoms with van der Waals surface area (Å²) in [5.74, 6) is 2.73. The largest absolute Gasteiger partial charge is 0.479 e. The number of ether oxygens (including phenoxy) is 1. The zero-order valence-electron chi connectivity index (χ0n) is 27.8. The van der Waals surface area contributed by atoms with Gasteiger partial charge < -0.3 is 23.7 Å². The van der Waals surface area contributed by atoms with E-state index < -0.39 is 0 Å². The van der Waals surface area contributed by atoms with Gasteiger partial charge in [0.2, 0.25) is 11.8 Å². The highest BCUT2D eigenvalue weighted by Crippen LogP contribution is 2.47. The van der Waals surface area contributed by atoms with E-state index in [-0.39, 0.29) is 0 Å². The molecule has 0 bridgehead atoms. The Hall–Kier alpha value is -2.73. The van der Waals surface area contributed by atoms with Crippen LogP contribution in [0.1, 0.15) is 25.7 Å². The maximum absolute atomic E-state index is 5.85. The molecule has 254 valence electrons. The normalized spacial score (nSPS) is 17.9. The SMILES string of the molecule is COc1nc(N2CCC(N3CCN(C)CC3)CC2)ccc1N(C)c1ncc(Br)c(N(I)c2ccc3nccnc3c2N(C)SC2CC2)n1. The smallest absolute Gasteiger partial charge is 0.239 e. The molecule has 3 fully saturated rings. The van der Waals surface area contributed by atoms with E-state index >= 15 is 0 Å². The number of fused-ring (bicyclic) bond motifs is 1. The summed E-state index contributed by atoms with van der Waals surface area (Å²) in [7, 11) is 7.94. The summed E-state index contributed by atoms with van der Waals surface area (Å²) in [5, 5.41) is 0.632. The van der Waals surface area contributed by atoms with Crippen molar-refractivity contribution in [1.82, 2.24) is 34.7 Å². The molecule has 5 heterocycles. The van der Waals surface area contributed by atoms with Crippen molar-refractivity contribution in [3.05, 3.63) is 47.3 Å². The number of hydrogen-bond donors (Lipinski definition) is 0. The number of piperazine rings is 1. The molecule has 0 unspecified atom stereocenters. The van der Waals surface area contributed by atoms with Gasteiger partial charge in [0.25, 0.3) is 0 Å². The summed E-state index contributed by atoms with van der Waals surface area (Å²) in [6.45, 7) is 6.62. The molecule has 4 aromatic rings. The molecule has 0 spiro atoms. The summed E-state index contributed by atoms with van der Waals surface area (Å²) in [6.07, 6.45) is 10.0. The van der Waals surface area contributed by atoms with Crippen LogP contribution in [0.3, 0.4) is 0 Å². The van der Waals surface area contributed by atoms with E-state index in [0.29, 0.717) is 28.9 Å². The van der Waals surface area contributed by atoms with Crippen LogP contribution in [-0.2, 0) is 0 Å². The molecule has 0 atom stereocenters. The summed E-state index contributed by atoms with van der Waals surface area (Å²) < 4.78 is 10.9. The molecule has 7 rings (SSSR count). The molecule has 0 N–H and O–H groups in total. The first-order valence-corrected chi connectivity index (χ1v) is 19.0. The first-order valence-electron chi connectivity index (χ1n) is 16.4. The number of methoxy groups -OCH3 is 1. The number of halogens is 2. The van der Waals surface area contributed by atoms with Crippen LogP contribution in [0.5, 0.6) is 5.88 Å². The average molecular weight is 847 g/mol. The second kappa shape index (κ2) is 14.6. The average Bonchev–Trinajstić information content (AvgIpc) is 3.95. The summed E-state index contributed by atoms with van der Waals surface area (Å²) in [5.41, 5.74) is 4.47. The standard InChI is InChI=1S/C33H41BrIN11OS/c1-41-17-19-44(20-18-41)22-11-15-45(16-12-22)28-10-9-27(32(39-28)47-4)42(2)33-38-21-24(34)31(40-33)46(35)26-8-7-25-29(37-14-13-36-25)30(26)43(3)48-23-5-6-23/h7-10,13-14,21-23H,5-6,11-12,15-20H2,1-4H3. The van der Waals surface area contributed by atoms with Crippen LogP contribution in [0.2, 0.25) is 0 Å². The Morgan fingerprint density at radius 2 is 1.62 bits per heavy atom. The molecule has 12 nitrogen and oxygen atoms in total. The van der Waals surface area contributed by atoms with Gasteiger partial charge in [-0.15, -0.1) is 0 Å². The Morgan fingerprint density at radius 3 is 2.35 bits per heavy atom. The fraction of sp³-hybridized carbons (Fsp3) is 0.485. The van der Waals surface area contributed by atoms with Gasteiger partial charge in [-0.05, 0) is 84.9 Å². The number of pyridine rings is 1. The number of nitrogens with zero attached hydrogens (tertiary/aromatic N) is 11. The van der Waals surface area contributed by atoms with E-state index in [1.54, 1.807) is 25.7 Å². The molecule has 1 aromatic carbocycles. The van der Waals surface area contributed by atoms with Gasteiger partial charge >= 0.3 is 0 Å². The Labute approximate surface area is 309 Å². The lowest BCUT2D eigenvalue weighted by atomic mass is 10.0. The highest BCUT2D eigenvalue weighted by Gasteiger charge is 2.30. The minimum atomic E-state index is 0.526. The van der Waals surface area contributed by atoms with Crippen molar-refractivity contribution in [2.75, 3.05) is 84.7 Å². The van der Waals surface area contributed by atoms with Crippen molar-refractivity contribution >= 4 is 96.4 Å². The molecule has 48 heavy (non-hydrogen) atoms. The predicted octanol–water partition coefficient (Wildman–Crippen LogP) is 6.30. The van der Waals surface area contributed by atoms with Crippen LogP contribution in [-0.4, -0.2) is 114 Å². The van der Waals surface area contributed by atoms with E-state index in [4.69, 9.17) is 24.7 Å². The maximum atomic E-state index is 5.85. The van der Waals surface area contributed by atoms with Crippen molar-refractivity contribution in [3.8, 4) is 5.88 Å². The van der Waals surface area contributed by atoms with Crippen LogP contribution >= 0.6 is 50.7 Å². The van der Waals surface area contributed by atoms with Gasteiger partial charge in [-0.25, -0.2) is 4.98 Å². The highest BCUT2D eigenvalue weighted by atomic mass is 127. The first-order chi connectivity index (χ1) is 23.3. The number of hydrogen-bond acceptors (Lipinski definition) is 13. The minimum Gasteiger partial charge on any atom is -0.479 e. The molecule has 0 radical (unpaired) electrons. The van der Waals surface area contributed by atoms with Gasteiger partial charge in [-0.2, -0.15) is 9.97 Å². The number of anilines is 6. The van der Waals surface area contributed by atoms with Gasteiger partial charge in [0, 0.05) is 83.2 Å². The third kappa shape index (κ3) is 7.11. The topological polar surface area (TPSA) is 93.1 Å². The van der Waals surface area contributed by atoms with Gasteiger partial charge in [0.05, 0.1) is 51.3 Å². The van der Waals surface area contributed by atoms with Crippen molar-refractivity contribution < 1.29 is 4.74 Å². The summed E-state index contributed by atoms with van der Waals surface area (Å²) in [4.78, 5) is 33.4. The fourth-order valence-corrected chi connectivity index (χ4v) is 8.99. The number of benzene rings is 1. The van der Waals surface area contributed by atoms with E-state index in [9.17, 15) is 0 Å². The van der Waals surface area contributed by atoms with Gasteiger partial charge in [-0.3, -0.25) is 18.0 Å². The molecular weight excluding hydrogens is 805 g/mol. The molecule has 2 aliphatic heterocycles. The second-order valence-corrected chi connectivity index (χ2v) is 15.8. The third-order valence-corrected chi connectivity index (χ3v) is 12.2. The Bertz CT molecular complexity index is 1750. The molecule has 1 aliphatic carbocycles. The van der Waals surface area contributed by atoms with Gasteiger partial charge in [-0.1, -0.05) is 0 Å². The highest BCUT2D eigenvalue weighted by molar-refractivity contribution is 14.1. The Morgan fingerprint density at radius 1 is 0.896 bits per heavy atom. The number of piperidine rings is 1. The fourth-order valence-electron chi connectivity index (χ4n) is 6.45. The van der Waals surface area contributed by atoms with Crippen LogP contribution in [0, 0.1) is 0 Å². The predicted molar refractivity (Wildman–Crippen MR) is 208 cm³/mol. The van der Waals surface area contributed by atoms with Crippen molar-refractivity contribution in [2.24, 2.45) is 0 Å². The lowest BCUT2D eigenvalue weighted by molar-refractivity contribution is 0.0981. The number of rotatable bonds is 10. The van der Waals surface area contributed by atoms with Crippen molar-refractivity contribution in [1.29, 1.82) is 0 Å². The van der Waals surface area contributed by atoms with E-state index in [2.05, 4.69) is 98.2 Å². The van der Waals surface area contributed by atoms with Gasteiger partial charge in [0.1, 0.15) is 17.0 Å². The zero-order valence-corrected chi connectivity index (χ0v) is 32.3. The van der Waals surface area contributed by atoms with Crippen LogP contribution in [0.25, 0.3) is 11.0 Å². The summed E-state index contributed by atoms with van der Waals surface area (Å²) in [6, 6.07) is 8.90. The monoisotopic (exact) mass is 845 g/mol. The molecule has 3 aliphatic rings. The van der Waals surface area contributed by atoms with Crippen LogP contribution < -0.4 is 22.0 Å². The zero-order chi connectivity index (χ0) is 33.4. The van der Waals surface area contributed by atoms with Crippen LogP contribution in [0.15, 0.2) is 47.3 Å². The third-order valence-electron chi connectivity index (χ3n) is 9.37. The summed E-state index contributed by atoms with van der Waals surface area (Å²) >= 11 is 7.89. The van der Waals surface area contributed by atoms with Crippen molar-refractivity contribution in [2.45, 2.75) is 37.0 Å². The van der Waals surface area contributed by atoms with Crippen LogP contribution in [0.4, 0.5) is 34.6 Å². The number of aromatic nitrogens is 5. The Kier molecular flexibility index (Phi) is 10.3. The molecule has 15 heteroatoms. The molecule has 0 amide bonds. The number of likely N-dealkylation sites (N-methyl/N-ethyl adjacent to an activating group) is 1. The van der Waals surface area contributed by atoms with Gasteiger partial charge in [0.15, 0.2) is 5.82 Å². The molecular formula is C33H41BrIN11OS.